The maximum atomic E-state index is 12.0. The molecule has 21 heavy (non-hydrogen) atoms. The topological polar surface area (TPSA) is 26.3 Å². The Bertz CT molecular complexity index is 337. The molecule has 2 saturated carbocycles. The van der Waals surface area contributed by atoms with Crippen molar-refractivity contribution in [3.8, 4) is 0 Å². The van der Waals surface area contributed by atoms with Gasteiger partial charge in [0.25, 0.3) is 0 Å². The van der Waals surface area contributed by atoms with Crippen LogP contribution in [0, 0.1) is 23.7 Å². The molecular weight excluding hydrogens is 260 g/mol. The number of hydrogen-bond acceptors (Lipinski definition) is 2. The van der Waals surface area contributed by atoms with Gasteiger partial charge < -0.3 is 4.74 Å². The number of hydrogen-bond donors (Lipinski definition) is 0. The van der Waals surface area contributed by atoms with Crippen LogP contribution in [0.3, 0.4) is 0 Å². The van der Waals surface area contributed by atoms with Crippen molar-refractivity contribution in [3.05, 3.63) is 0 Å². The summed E-state index contributed by atoms with van der Waals surface area (Å²) in [5, 5.41) is 0. The van der Waals surface area contributed by atoms with Gasteiger partial charge in [-0.1, -0.05) is 39.0 Å². The van der Waals surface area contributed by atoms with E-state index in [2.05, 4.69) is 6.92 Å². The lowest BCUT2D eigenvalue weighted by Gasteiger charge is -2.40. The molecule has 3 rings (SSSR count). The highest BCUT2D eigenvalue weighted by Gasteiger charge is 2.37. The molecule has 2 unspecified atom stereocenters. The predicted molar refractivity (Wildman–Crippen MR) is 84.9 cm³/mol. The van der Waals surface area contributed by atoms with Crippen LogP contribution in [0.5, 0.6) is 0 Å². The van der Waals surface area contributed by atoms with Crippen LogP contribution < -0.4 is 0 Å². The van der Waals surface area contributed by atoms with E-state index in [1.54, 1.807) is 0 Å². The van der Waals surface area contributed by atoms with Gasteiger partial charge in [0.1, 0.15) is 6.10 Å². The van der Waals surface area contributed by atoms with E-state index in [-0.39, 0.29) is 18.0 Å². The fourth-order valence-electron chi connectivity index (χ4n) is 5.08. The Balaban J connectivity index is 1.46. The molecular formula is C19H32O2. The first-order valence-corrected chi connectivity index (χ1v) is 9.48. The third kappa shape index (κ3) is 3.63. The molecule has 2 nitrogen and oxygen atoms in total. The summed E-state index contributed by atoms with van der Waals surface area (Å²) in [5.41, 5.74) is 0. The first kappa shape index (κ1) is 15.4. The second-order valence-electron chi connectivity index (χ2n) is 7.73. The van der Waals surface area contributed by atoms with Crippen molar-refractivity contribution in [2.45, 2.75) is 90.1 Å². The zero-order chi connectivity index (χ0) is 14.7. The molecule has 0 N–H and O–H groups in total. The smallest absolute Gasteiger partial charge is 0.309 e. The molecule has 0 aromatic heterocycles. The first-order chi connectivity index (χ1) is 10.3. The van der Waals surface area contributed by atoms with E-state index in [0.29, 0.717) is 5.92 Å². The first-order valence-electron chi connectivity index (χ1n) is 9.48. The fraction of sp³-hybridized carbons (Fsp3) is 0.947. The fourth-order valence-corrected chi connectivity index (χ4v) is 5.08. The lowest BCUT2D eigenvalue weighted by molar-refractivity contribution is -0.165. The van der Waals surface area contributed by atoms with Crippen LogP contribution in [-0.2, 0) is 9.53 Å². The highest BCUT2D eigenvalue weighted by Crippen LogP contribution is 2.42. The van der Waals surface area contributed by atoms with Crippen molar-refractivity contribution in [2.75, 3.05) is 0 Å². The van der Waals surface area contributed by atoms with E-state index in [1.165, 1.54) is 57.8 Å². The van der Waals surface area contributed by atoms with Crippen LogP contribution in [0.1, 0.15) is 84.0 Å². The van der Waals surface area contributed by atoms with E-state index in [1.807, 2.05) is 0 Å². The summed E-state index contributed by atoms with van der Waals surface area (Å²) in [7, 11) is 0. The predicted octanol–water partition coefficient (Wildman–Crippen LogP) is 5.10. The van der Waals surface area contributed by atoms with Gasteiger partial charge in [0.05, 0.1) is 5.92 Å². The van der Waals surface area contributed by atoms with Crippen molar-refractivity contribution < 1.29 is 9.53 Å². The lowest BCUT2D eigenvalue weighted by atomic mass is 9.69. The minimum absolute atomic E-state index is 0.0863. The largest absolute Gasteiger partial charge is 0.462 e. The zero-order valence-electron chi connectivity index (χ0n) is 13.7. The molecule has 2 atom stereocenters. The Morgan fingerprint density at radius 2 is 1.43 bits per heavy atom. The van der Waals surface area contributed by atoms with Crippen molar-refractivity contribution in [3.63, 3.8) is 0 Å². The monoisotopic (exact) mass is 292 g/mol. The van der Waals surface area contributed by atoms with Crippen molar-refractivity contribution >= 4 is 5.97 Å². The number of rotatable bonds is 3. The Labute approximate surface area is 130 Å². The Morgan fingerprint density at radius 1 is 0.810 bits per heavy atom. The van der Waals surface area contributed by atoms with Gasteiger partial charge in [0, 0.05) is 0 Å². The summed E-state index contributed by atoms with van der Waals surface area (Å²) in [6, 6.07) is 0. The van der Waals surface area contributed by atoms with E-state index in [9.17, 15) is 4.79 Å². The summed E-state index contributed by atoms with van der Waals surface area (Å²) in [6.45, 7) is 2.10. The van der Waals surface area contributed by atoms with Gasteiger partial charge in [-0.15, -0.1) is 0 Å². The van der Waals surface area contributed by atoms with Crippen LogP contribution in [0.25, 0.3) is 0 Å². The maximum absolute atomic E-state index is 12.0. The van der Waals surface area contributed by atoms with Gasteiger partial charge >= 0.3 is 5.97 Å². The molecule has 0 spiro atoms. The van der Waals surface area contributed by atoms with E-state index in [4.69, 9.17) is 4.74 Å². The van der Waals surface area contributed by atoms with E-state index < -0.39 is 0 Å². The molecule has 0 aromatic carbocycles. The molecule has 1 heterocycles. The minimum Gasteiger partial charge on any atom is -0.462 e. The van der Waals surface area contributed by atoms with E-state index >= 15 is 0 Å². The van der Waals surface area contributed by atoms with Gasteiger partial charge in [-0.25, -0.2) is 0 Å². The average Bonchev–Trinajstić information content (AvgIpc) is 2.56. The molecule has 2 aliphatic carbocycles. The maximum Gasteiger partial charge on any atom is 0.309 e. The van der Waals surface area contributed by atoms with Crippen LogP contribution in [0.2, 0.25) is 0 Å². The molecule has 0 bridgehead atoms. The van der Waals surface area contributed by atoms with Gasteiger partial charge in [0.15, 0.2) is 0 Å². The third-order valence-electron chi connectivity index (χ3n) is 6.55. The van der Waals surface area contributed by atoms with Crippen LogP contribution in [0.15, 0.2) is 0 Å². The lowest BCUT2D eigenvalue weighted by Crippen LogP contribution is -2.37. The number of carbonyl (C=O) groups is 1. The highest BCUT2D eigenvalue weighted by atomic mass is 16.5. The minimum atomic E-state index is 0.0863. The van der Waals surface area contributed by atoms with Crippen LogP contribution >= 0.6 is 0 Å². The van der Waals surface area contributed by atoms with Crippen molar-refractivity contribution in [2.24, 2.45) is 23.7 Å². The zero-order valence-corrected chi connectivity index (χ0v) is 13.7. The van der Waals surface area contributed by atoms with Crippen LogP contribution in [0.4, 0.5) is 0 Å². The normalized spacial score (nSPS) is 39.0. The summed E-state index contributed by atoms with van der Waals surface area (Å²) < 4.78 is 5.77. The summed E-state index contributed by atoms with van der Waals surface area (Å²) >= 11 is 0. The summed E-state index contributed by atoms with van der Waals surface area (Å²) in [5.74, 6) is 2.91. The van der Waals surface area contributed by atoms with Crippen LogP contribution in [-0.4, -0.2) is 12.1 Å². The molecule has 0 amide bonds. The van der Waals surface area contributed by atoms with Crippen molar-refractivity contribution in [1.29, 1.82) is 0 Å². The van der Waals surface area contributed by atoms with Gasteiger partial charge in [-0.3, -0.25) is 4.79 Å². The highest BCUT2D eigenvalue weighted by molar-refractivity contribution is 5.73. The Hall–Kier alpha value is -0.530. The molecule has 2 heteroatoms. The molecule has 0 radical (unpaired) electrons. The Kier molecular flexibility index (Phi) is 5.24. The summed E-state index contributed by atoms with van der Waals surface area (Å²) in [4.78, 5) is 12.0. The number of esters is 1. The number of cyclic esters (lactones) is 1. The molecule has 1 saturated heterocycles. The quantitative estimate of drug-likeness (QED) is 0.676. The average molecular weight is 292 g/mol. The molecule has 0 aromatic rings. The molecule has 1 aliphatic heterocycles. The second kappa shape index (κ2) is 7.15. The third-order valence-corrected chi connectivity index (χ3v) is 6.55. The van der Waals surface area contributed by atoms with E-state index in [0.717, 1.165) is 31.1 Å². The number of ether oxygens (including phenoxy) is 1. The number of carbonyl (C=O) groups excluding carboxylic acids is 1. The second-order valence-corrected chi connectivity index (χ2v) is 7.73. The summed E-state index contributed by atoms with van der Waals surface area (Å²) in [6.07, 6.45) is 16.1. The SMILES string of the molecule is CCC1CCC(C2CCC(C3CCCCC3)CC2)OC1=O. The Morgan fingerprint density at radius 3 is 2.05 bits per heavy atom. The van der Waals surface area contributed by atoms with Gasteiger partial charge in [-0.2, -0.15) is 0 Å². The standard InChI is InChI=1S/C19H32O2/c1-2-14-12-13-18(21-19(14)20)17-10-8-16(9-11-17)15-6-4-3-5-7-15/h14-18H,2-13H2,1H3. The van der Waals surface area contributed by atoms with Gasteiger partial charge in [0.2, 0.25) is 0 Å². The molecule has 120 valence electrons. The molecule has 3 aliphatic rings. The molecule has 3 fully saturated rings. The van der Waals surface area contributed by atoms with Gasteiger partial charge in [-0.05, 0) is 62.7 Å². The van der Waals surface area contributed by atoms with Crippen molar-refractivity contribution in [1.82, 2.24) is 0 Å².